The number of aromatic nitrogens is 7. The summed E-state index contributed by atoms with van der Waals surface area (Å²) in [7, 11) is 0. The average Bonchev–Trinajstić information content (AvgIpc) is 3.57. The molecule has 0 saturated carbocycles. The Balaban J connectivity index is 1.18. The number of rotatable bonds is 9. The van der Waals surface area contributed by atoms with Crippen molar-refractivity contribution in [3.8, 4) is 17.2 Å². The number of benzene rings is 1. The number of carbonyl (C=O) groups is 2. The average molecular weight is 650 g/mol. The molecule has 0 bridgehead atoms. The number of Topliss-reactive ketones (excluding diaryl/α,β-unsaturated/α-hetero) is 1. The van der Waals surface area contributed by atoms with Crippen molar-refractivity contribution in [2.24, 2.45) is 0 Å². The summed E-state index contributed by atoms with van der Waals surface area (Å²) < 4.78 is 44.8. The zero-order valence-electron chi connectivity index (χ0n) is 24.5. The van der Waals surface area contributed by atoms with Crippen LogP contribution in [0.5, 0.6) is 11.5 Å². The molecular weight excluding hydrogens is 623 g/mol. The van der Waals surface area contributed by atoms with Gasteiger partial charge in [-0.25, -0.2) is 15.0 Å². The highest BCUT2D eigenvalue weighted by molar-refractivity contribution is 5.96. The minimum absolute atomic E-state index is 0.0334. The number of halogens is 3. The van der Waals surface area contributed by atoms with Gasteiger partial charge in [-0.3, -0.25) is 23.9 Å². The van der Waals surface area contributed by atoms with Crippen LogP contribution in [0.2, 0.25) is 0 Å². The van der Waals surface area contributed by atoms with E-state index >= 15 is 0 Å². The number of phenols is 1. The molecular formula is C30H26F3N9O5. The third-order valence-corrected chi connectivity index (χ3v) is 7.48. The molecule has 1 amide bonds. The molecule has 1 aromatic carbocycles. The molecule has 0 radical (unpaired) electrons. The zero-order chi connectivity index (χ0) is 33.1. The molecule has 17 heteroatoms. The zero-order valence-corrected chi connectivity index (χ0v) is 24.5. The van der Waals surface area contributed by atoms with Gasteiger partial charge in [0.15, 0.2) is 18.0 Å². The van der Waals surface area contributed by atoms with Gasteiger partial charge >= 0.3 is 6.18 Å². The van der Waals surface area contributed by atoms with Crippen molar-refractivity contribution in [2.45, 2.75) is 19.3 Å². The van der Waals surface area contributed by atoms with Gasteiger partial charge in [0.1, 0.15) is 29.6 Å². The highest BCUT2D eigenvalue weighted by Gasteiger charge is 2.32. The fourth-order valence-electron chi connectivity index (χ4n) is 5.06. The van der Waals surface area contributed by atoms with Crippen LogP contribution in [-0.2, 0) is 24.1 Å². The number of carbonyl (C=O) groups excluding carboxylic acids is 2. The van der Waals surface area contributed by atoms with Crippen molar-refractivity contribution in [1.29, 1.82) is 0 Å². The van der Waals surface area contributed by atoms with Crippen molar-refractivity contribution in [3.05, 3.63) is 94.7 Å². The lowest BCUT2D eigenvalue weighted by Gasteiger charge is -2.34. The summed E-state index contributed by atoms with van der Waals surface area (Å²) in [6.07, 6.45) is 0.737. The van der Waals surface area contributed by atoms with Crippen LogP contribution in [0, 0.1) is 0 Å². The molecule has 14 nitrogen and oxygen atoms in total. The van der Waals surface area contributed by atoms with E-state index in [9.17, 15) is 32.7 Å². The fraction of sp³-hybridized carbons (Fsp3) is 0.267. The van der Waals surface area contributed by atoms with E-state index in [2.05, 4.69) is 25.1 Å². The number of hydrogen-bond donors (Lipinski definition) is 1. The Bertz CT molecular complexity index is 1970. The SMILES string of the molecule is O=C(Cn1nccn1)c1ccc(O)c(-n2c(CN3CCN(C(=O)COc4ccc(C(F)(F)F)nc4)CC3)nc3ncccc3c2=O)c1. The number of aromatic hydroxyl groups is 1. The molecule has 1 aliphatic heterocycles. The maximum absolute atomic E-state index is 13.8. The van der Waals surface area contributed by atoms with E-state index in [1.165, 1.54) is 46.2 Å². The first-order chi connectivity index (χ1) is 22.6. The van der Waals surface area contributed by atoms with Gasteiger partial charge in [0, 0.05) is 37.9 Å². The summed E-state index contributed by atoms with van der Waals surface area (Å²) in [6, 6.07) is 9.24. The third-order valence-electron chi connectivity index (χ3n) is 7.48. The van der Waals surface area contributed by atoms with E-state index in [1.807, 2.05) is 4.90 Å². The third kappa shape index (κ3) is 6.94. The molecule has 1 fully saturated rings. The van der Waals surface area contributed by atoms with Crippen LogP contribution in [0.1, 0.15) is 21.9 Å². The van der Waals surface area contributed by atoms with Crippen LogP contribution in [0.4, 0.5) is 13.2 Å². The largest absolute Gasteiger partial charge is 0.506 e. The van der Waals surface area contributed by atoms with Gasteiger partial charge in [-0.05, 0) is 42.5 Å². The number of nitrogens with zero attached hydrogens (tertiary/aromatic N) is 9. The molecule has 5 heterocycles. The van der Waals surface area contributed by atoms with Crippen LogP contribution < -0.4 is 10.3 Å². The number of amides is 1. The Morgan fingerprint density at radius 2 is 1.72 bits per heavy atom. The first kappa shape index (κ1) is 31.3. The van der Waals surface area contributed by atoms with Crippen molar-refractivity contribution in [1.82, 2.24) is 44.3 Å². The second kappa shape index (κ2) is 13.0. The van der Waals surface area contributed by atoms with Crippen LogP contribution in [-0.4, -0.2) is 93.9 Å². The van der Waals surface area contributed by atoms with Gasteiger partial charge in [-0.15, -0.1) is 0 Å². The lowest BCUT2D eigenvalue weighted by atomic mass is 10.1. The predicted octanol–water partition coefficient (Wildman–Crippen LogP) is 2.10. The minimum Gasteiger partial charge on any atom is -0.506 e. The van der Waals surface area contributed by atoms with Gasteiger partial charge in [-0.2, -0.15) is 28.2 Å². The maximum Gasteiger partial charge on any atom is 0.433 e. The van der Waals surface area contributed by atoms with Crippen molar-refractivity contribution in [3.63, 3.8) is 0 Å². The van der Waals surface area contributed by atoms with Gasteiger partial charge in [0.05, 0.1) is 36.2 Å². The van der Waals surface area contributed by atoms with Crippen LogP contribution in [0.25, 0.3) is 16.7 Å². The Kier molecular flexibility index (Phi) is 8.62. The number of ketones is 1. The minimum atomic E-state index is -4.58. The summed E-state index contributed by atoms with van der Waals surface area (Å²) in [5, 5.41) is 19.0. The summed E-state index contributed by atoms with van der Waals surface area (Å²) >= 11 is 0. The van der Waals surface area contributed by atoms with Gasteiger partial charge in [0.2, 0.25) is 0 Å². The highest BCUT2D eigenvalue weighted by Crippen LogP contribution is 2.28. The first-order valence-electron chi connectivity index (χ1n) is 14.3. The maximum atomic E-state index is 13.8. The standard InChI is InChI=1S/C30H26F3N9O5/c31-30(32,33)25-6-4-20(15-35-25)47-18-27(45)40-12-10-39(11-13-40)17-26-38-28-21(2-1-7-34-28)29(46)42(26)22-14-19(3-5-23(22)43)24(44)16-41-36-8-9-37-41/h1-9,14-15,43H,10-13,16-18H2. The van der Waals surface area contributed by atoms with Crippen molar-refractivity contribution in [2.75, 3.05) is 32.8 Å². The predicted molar refractivity (Wildman–Crippen MR) is 158 cm³/mol. The van der Waals surface area contributed by atoms with E-state index < -0.39 is 17.4 Å². The Morgan fingerprint density at radius 3 is 2.43 bits per heavy atom. The summed E-state index contributed by atoms with van der Waals surface area (Å²) in [5.41, 5.74) is -1.06. The second-order valence-corrected chi connectivity index (χ2v) is 10.6. The Labute approximate surface area is 263 Å². The summed E-state index contributed by atoms with van der Waals surface area (Å²) in [4.78, 5) is 56.5. The Hall–Kier alpha value is -5.71. The molecule has 0 unspecified atom stereocenters. The van der Waals surface area contributed by atoms with E-state index in [1.54, 1.807) is 17.0 Å². The number of fused-ring (bicyclic) bond motifs is 1. The monoisotopic (exact) mass is 649 g/mol. The van der Waals surface area contributed by atoms with Crippen molar-refractivity contribution < 1.29 is 32.6 Å². The number of piperazine rings is 1. The number of pyridine rings is 2. The molecule has 5 aromatic rings. The van der Waals surface area contributed by atoms with Gasteiger partial charge in [0.25, 0.3) is 11.5 Å². The molecule has 1 aliphatic rings. The molecule has 1 saturated heterocycles. The van der Waals surface area contributed by atoms with E-state index in [0.29, 0.717) is 26.2 Å². The molecule has 0 aliphatic carbocycles. The van der Waals surface area contributed by atoms with Gasteiger partial charge < -0.3 is 14.7 Å². The summed E-state index contributed by atoms with van der Waals surface area (Å²) in [6.45, 7) is 1.02. The topological polar surface area (TPSA) is 161 Å². The molecule has 1 N–H and O–H groups in total. The lowest BCUT2D eigenvalue weighted by molar-refractivity contribution is -0.141. The molecule has 47 heavy (non-hydrogen) atoms. The summed E-state index contributed by atoms with van der Waals surface area (Å²) in [5.74, 6) is -0.650. The van der Waals surface area contributed by atoms with E-state index in [-0.39, 0.29) is 71.0 Å². The molecule has 242 valence electrons. The molecule has 0 spiro atoms. The van der Waals surface area contributed by atoms with Crippen molar-refractivity contribution >= 4 is 22.7 Å². The van der Waals surface area contributed by atoms with Crippen LogP contribution >= 0.6 is 0 Å². The second-order valence-electron chi connectivity index (χ2n) is 10.6. The number of phenolic OH excluding ortho intramolecular Hbond substituents is 1. The lowest BCUT2D eigenvalue weighted by Crippen LogP contribution is -2.50. The van der Waals surface area contributed by atoms with Crippen LogP contribution in [0.3, 0.4) is 0 Å². The first-order valence-corrected chi connectivity index (χ1v) is 14.3. The van der Waals surface area contributed by atoms with Gasteiger partial charge in [-0.1, -0.05) is 0 Å². The van der Waals surface area contributed by atoms with E-state index in [0.717, 1.165) is 18.3 Å². The Morgan fingerprint density at radius 1 is 0.957 bits per heavy atom. The molecule has 6 rings (SSSR count). The van der Waals surface area contributed by atoms with E-state index in [4.69, 9.17) is 4.74 Å². The number of alkyl halides is 3. The molecule has 0 atom stereocenters. The fourth-order valence-corrected chi connectivity index (χ4v) is 5.06. The normalized spacial score (nSPS) is 14.0. The number of hydrogen-bond acceptors (Lipinski definition) is 11. The smallest absolute Gasteiger partial charge is 0.433 e. The van der Waals surface area contributed by atoms with Crippen LogP contribution in [0.15, 0.2) is 72.0 Å². The highest BCUT2D eigenvalue weighted by atomic mass is 19.4. The number of ether oxygens (including phenoxy) is 1. The quantitative estimate of drug-likeness (QED) is 0.233. The molecule has 4 aromatic heterocycles.